The molecule has 0 aliphatic heterocycles. The fraction of sp³-hybridized carbons (Fsp3) is 0.0769. The van der Waals surface area contributed by atoms with E-state index in [9.17, 15) is 18.9 Å². The first-order chi connectivity index (χ1) is 9.52. The second-order valence-corrected chi connectivity index (χ2v) is 4.92. The van der Waals surface area contributed by atoms with E-state index in [1.54, 1.807) is 19.2 Å². The Balaban J connectivity index is 2.48. The minimum atomic E-state index is -0.624. The van der Waals surface area contributed by atoms with Gasteiger partial charge in [0.25, 0.3) is 0 Å². The maximum absolute atomic E-state index is 13.6. The van der Waals surface area contributed by atoms with Gasteiger partial charge in [0.1, 0.15) is 17.3 Å². The van der Waals surface area contributed by atoms with Gasteiger partial charge < -0.3 is 5.32 Å². The van der Waals surface area contributed by atoms with Crippen LogP contribution in [0.4, 0.5) is 20.2 Å². The van der Waals surface area contributed by atoms with Crippen molar-refractivity contribution in [2.45, 2.75) is 9.79 Å². The summed E-state index contributed by atoms with van der Waals surface area (Å²) in [5.41, 5.74) is 0.153. The molecule has 0 atom stereocenters. The minimum Gasteiger partial charge on any atom is -0.383 e. The molecule has 20 heavy (non-hydrogen) atoms. The molecule has 0 heterocycles. The molecule has 0 fully saturated rings. The summed E-state index contributed by atoms with van der Waals surface area (Å²) < 4.78 is 26.7. The third-order valence-electron chi connectivity index (χ3n) is 2.56. The van der Waals surface area contributed by atoms with Crippen LogP contribution in [0.15, 0.2) is 46.2 Å². The smallest absolute Gasteiger partial charge is 0.306 e. The maximum Gasteiger partial charge on any atom is 0.306 e. The van der Waals surface area contributed by atoms with E-state index in [0.717, 1.165) is 30.0 Å². The molecule has 7 heteroatoms. The molecular formula is C13H10F2N2O2S. The van der Waals surface area contributed by atoms with Gasteiger partial charge in [-0.05, 0) is 30.3 Å². The Labute approximate surface area is 118 Å². The van der Waals surface area contributed by atoms with Crippen LogP contribution in [0.5, 0.6) is 0 Å². The van der Waals surface area contributed by atoms with Crippen molar-refractivity contribution < 1.29 is 13.7 Å². The molecule has 2 aromatic rings. The summed E-state index contributed by atoms with van der Waals surface area (Å²) in [6.07, 6.45) is 0. The van der Waals surface area contributed by atoms with E-state index in [2.05, 4.69) is 5.32 Å². The van der Waals surface area contributed by atoms with Gasteiger partial charge in [0.15, 0.2) is 0 Å². The van der Waals surface area contributed by atoms with Crippen LogP contribution in [-0.2, 0) is 0 Å². The number of nitro benzene ring substituents is 1. The zero-order valence-electron chi connectivity index (χ0n) is 10.4. The molecule has 0 amide bonds. The highest BCUT2D eigenvalue weighted by atomic mass is 32.2. The standard InChI is InChI=1S/C13H10F2N2O2S/c1-16-10-3-2-4-11(13(10)17(18)19)20-12-7-8(14)5-6-9(12)15/h2-7,16H,1H3. The van der Waals surface area contributed by atoms with Crippen molar-refractivity contribution in [1.29, 1.82) is 0 Å². The lowest BCUT2D eigenvalue weighted by Gasteiger charge is -2.08. The van der Waals surface area contributed by atoms with Crippen molar-refractivity contribution in [3.8, 4) is 0 Å². The van der Waals surface area contributed by atoms with Crippen LogP contribution in [0.25, 0.3) is 0 Å². The molecule has 0 saturated carbocycles. The number of benzene rings is 2. The van der Waals surface area contributed by atoms with Gasteiger partial charge in [-0.15, -0.1) is 0 Å². The van der Waals surface area contributed by atoms with Gasteiger partial charge in [0.05, 0.1) is 14.7 Å². The number of rotatable bonds is 4. The highest BCUT2D eigenvalue weighted by Gasteiger charge is 2.20. The van der Waals surface area contributed by atoms with Crippen LogP contribution >= 0.6 is 11.8 Å². The lowest BCUT2D eigenvalue weighted by Crippen LogP contribution is -1.98. The Kier molecular flexibility index (Phi) is 4.19. The molecule has 4 nitrogen and oxygen atoms in total. The predicted octanol–water partition coefficient (Wildman–Crippen LogP) is 4.07. The third-order valence-corrected chi connectivity index (χ3v) is 3.65. The molecule has 104 valence electrons. The molecule has 0 radical (unpaired) electrons. The van der Waals surface area contributed by atoms with Crippen molar-refractivity contribution in [3.05, 3.63) is 58.1 Å². The Morgan fingerprint density at radius 1 is 1.20 bits per heavy atom. The van der Waals surface area contributed by atoms with Crippen LogP contribution in [0.3, 0.4) is 0 Å². The third kappa shape index (κ3) is 2.88. The molecule has 0 aromatic heterocycles. The topological polar surface area (TPSA) is 55.2 Å². The number of hydrogen-bond donors (Lipinski definition) is 1. The van der Waals surface area contributed by atoms with Crippen LogP contribution in [0.2, 0.25) is 0 Å². The Bertz CT molecular complexity index is 665. The minimum absolute atomic E-state index is 0.00125. The summed E-state index contributed by atoms with van der Waals surface area (Å²) >= 11 is 0.816. The normalized spacial score (nSPS) is 10.3. The number of hydrogen-bond acceptors (Lipinski definition) is 4. The van der Waals surface area contributed by atoms with Crippen LogP contribution in [0.1, 0.15) is 0 Å². The lowest BCUT2D eigenvalue weighted by atomic mass is 10.2. The van der Waals surface area contributed by atoms with E-state index < -0.39 is 16.6 Å². The first-order valence-corrected chi connectivity index (χ1v) is 6.42. The molecule has 0 aliphatic rings. The number of halogens is 2. The zero-order chi connectivity index (χ0) is 14.7. The van der Waals surface area contributed by atoms with Crippen LogP contribution < -0.4 is 5.32 Å². The molecule has 2 rings (SSSR count). The van der Waals surface area contributed by atoms with Gasteiger partial charge in [-0.25, -0.2) is 8.78 Å². The van der Waals surface area contributed by atoms with Gasteiger partial charge in [-0.2, -0.15) is 0 Å². The summed E-state index contributed by atoms with van der Waals surface area (Å²) in [6, 6.07) is 7.65. The molecule has 2 aromatic carbocycles. The van der Waals surface area contributed by atoms with Gasteiger partial charge in [-0.3, -0.25) is 10.1 Å². The van der Waals surface area contributed by atoms with Crippen molar-refractivity contribution >= 4 is 23.1 Å². The average Bonchev–Trinajstić information content (AvgIpc) is 2.42. The average molecular weight is 296 g/mol. The highest BCUT2D eigenvalue weighted by Crippen LogP contribution is 2.40. The number of nitro groups is 1. The monoisotopic (exact) mass is 296 g/mol. The largest absolute Gasteiger partial charge is 0.383 e. The van der Waals surface area contributed by atoms with Crippen molar-refractivity contribution in [2.75, 3.05) is 12.4 Å². The SMILES string of the molecule is CNc1cccc(Sc2cc(F)ccc2F)c1[N+](=O)[O-]. The quantitative estimate of drug-likeness (QED) is 0.682. The second kappa shape index (κ2) is 5.87. The Morgan fingerprint density at radius 3 is 2.60 bits per heavy atom. The number of para-hydroxylation sites is 1. The van der Waals surface area contributed by atoms with E-state index in [1.807, 2.05) is 0 Å². The lowest BCUT2D eigenvalue weighted by molar-refractivity contribution is -0.386. The first kappa shape index (κ1) is 14.3. The highest BCUT2D eigenvalue weighted by molar-refractivity contribution is 7.99. The second-order valence-electron chi connectivity index (χ2n) is 3.84. The van der Waals surface area contributed by atoms with E-state index >= 15 is 0 Å². The molecule has 0 aliphatic carbocycles. The summed E-state index contributed by atoms with van der Waals surface area (Å²) in [7, 11) is 1.56. The fourth-order valence-electron chi connectivity index (χ4n) is 1.67. The fourth-order valence-corrected chi connectivity index (χ4v) is 2.67. The van der Waals surface area contributed by atoms with E-state index in [4.69, 9.17) is 0 Å². The van der Waals surface area contributed by atoms with E-state index in [1.165, 1.54) is 6.07 Å². The molecule has 0 bridgehead atoms. The summed E-state index contributed by atoms with van der Waals surface area (Å²) in [5.74, 6) is -1.22. The maximum atomic E-state index is 13.6. The zero-order valence-corrected chi connectivity index (χ0v) is 11.2. The molecule has 0 saturated heterocycles. The first-order valence-electron chi connectivity index (χ1n) is 5.61. The number of nitrogens with one attached hydrogen (secondary N) is 1. The molecule has 0 spiro atoms. The Morgan fingerprint density at radius 2 is 1.95 bits per heavy atom. The molecule has 0 unspecified atom stereocenters. The van der Waals surface area contributed by atoms with Crippen molar-refractivity contribution in [2.24, 2.45) is 0 Å². The van der Waals surface area contributed by atoms with E-state index in [0.29, 0.717) is 5.69 Å². The molecule has 1 N–H and O–H groups in total. The number of anilines is 1. The van der Waals surface area contributed by atoms with Crippen molar-refractivity contribution in [3.63, 3.8) is 0 Å². The number of nitrogens with zero attached hydrogens (tertiary/aromatic N) is 1. The summed E-state index contributed by atoms with van der Waals surface area (Å²) in [5, 5.41) is 13.8. The summed E-state index contributed by atoms with van der Waals surface area (Å²) in [4.78, 5) is 10.8. The van der Waals surface area contributed by atoms with Crippen molar-refractivity contribution in [1.82, 2.24) is 0 Å². The van der Waals surface area contributed by atoms with Crippen LogP contribution in [0, 0.1) is 21.7 Å². The van der Waals surface area contributed by atoms with Gasteiger partial charge in [0.2, 0.25) is 0 Å². The predicted molar refractivity (Wildman–Crippen MR) is 73.1 cm³/mol. The van der Waals surface area contributed by atoms with E-state index in [-0.39, 0.29) is 15.5 Å². The Hall–Kier alpha value is -2.15. The van der Waals surface area contributed by atoms with Gasteiger partial charge in [0, 0.05) is 7.05 Å². The van der Waals surface area contributed by atoms with Gasteiger partial charge >= 0.3 is 5.69 Å². The van der Waals surface area contributed by atoms with Gasteiger partial charge in [-0.1, -0.05) is 17.8 Å². The summed E-state index contributed by atoms with van der Waals surface area (Å²) in [6.45, 7) is 0. The molecular weight excluding hydrogens is 286 g/mol. The van der Waals surface area contributed by atoms with Crippen LogP contribution in [-0.4, -0.2) is 12.0 Å².